The molecule has 3 heteroatoms. The van der Waals surface area contributed by atoms with Crippen molar-refractivity contribution in [2.75, 3.05) is 17.6 Å². The van der Waals surface area contributed by atoms with Gasteiger partial charge in [-0.2, -0.15) is 0 Å². The Labute approximate surface area is 100 Å². The van der Waals surface area contributed by atoms with Crippen molar-refractivity contribution >= 4 is 11.4 Å². The molecule has 2 rings (SSSR count). The average Bonchev–Trinajstić information content (AvgIpc) is 2.35. The molecule has 0 amide bonds. The van der Waals surface area contributed by atoms with E-state index >= 15 is 0 Å². The highest BCUT2D eigenvalue weighted by atomic mass is 19.1. The molecule has 0 radical (unpaired) electrons. The number of anilines is 2. The topological polar surface area (TPSA) is 38.0 Å². The zero-order chi connectivity index (χ0) is 12.1. The van der Waals surface area contributed by atoms with Crippen LogP contribution in [0.4, 0.5) is 15.8 Å². The Morgan fingerprint density at radius 1 is 1.06 bits per heavy atom. The Bertz CT molecular complexity index is 483. The van der Waals surface area contributed by atoms with Gasteiger partial charge in [-0.25, -0.2) is 4.39 Å². The summed E-state index contributed by atoms with van der Waals surface area (Å²) >= 11 is 0. The molecule has 2 aromatic rings. The van der Waals surface area contributed by atoms with E-state index in [1.165, 1.54) is 17.7 Å². The molecule has 2 aromatic carbocycles. The first-order valence-electron chi connectivity index (χ1n) is 5.58. The Hall–Kier alpha value is -2.03. The van der Waals surface area contributed by atoms with E-state index < -0.39 is 0 Å². The molecule has 3 N–H and O–H groups in total. The SMILES string of the molecule is Nc1ccc(F)cc1NCCc1ccccc1. The van der Waals surface area contributed by atoms with Gasteiger partial charge in [0.25, 0.3) is 0 Å². The highest BCUT2D eigenvalue weighted by Gasteiger charge is 2.00. The summed E-state index contributed by atoms with van der Waals surface area (Å²) in [6, 6.07) is 14.5. The van der Waals surface area contributed by atoms with Gasteiger partial charge in [0.1, 0.15) is 5.82 Å². The molecule has 0 spiro atoms. The molecule has 17 heavy (non-hydrogen) atoms. The van der Waals surface area contributed by atoms with Crippen molar-refractivity contribution in [2.24, 2.45) is 0 Å². The summed E-state index contributed by atoms with van der Waals surface area (Å²) < 4.78 is 13.0. The number of hydrogen-bond donors (Lipinski definition) is 2. The van der Waals surface area contributed by atoms with E-state index in [0.29, 0.717) is 11.4 Å². The fourth-order valence-electron chi connectivity index (χ4n) is 1.67. The molecule has 0 aliphatic heterocycles. The number of nitrogens with one attached hydrogen (secondary N) is 1. The van der Waals surface area contributed by atoms with Crippen LogP contribution in [0.3, 0.4) is 0 Å². The van der Waals surface area contributed by atoms with Gasteiger partial charge in [-0.3, -0.25) is 0 Å². The molecule has 0 bridgehead atoms. The van der Waals surface area contributed by atoms with Crippen LogP contribution in [0.1, 0.15) is 5.56 Å². The van der Waals surface area contributed by atoms with Gasteiger partial charge in [0.05, 0.1) is 11.4 Å². The van der Waals surface area contributed by atoms with E-state index in [9.17, 15) is 4.39 Å². The van der Waals surface area contributed by atoms with Crippen LogP contribution in [0.15, 0.2) is 48.5 Å². The second-order valence-electron chi connectivity index (χ2n) is 3.89. The predicted molar refractivity (Wildman–Crippen MR) is 69.4 cm³/mol. The minimum Gasteiger partial charge on any atom is -0.397 e. The maximum atomic E-state index is 13.0. The van der Waals surface area contributed by atoms with Crippen molar-refractivity contribution in [2.45, 2.75) is 6.42 Å². The van der Waals surface area contributed by atoms with Gasteiger partial charge < -0.3 is 11.1 Å². The third-order valence-corrected chi connectivity index (χ3v) is 2.59. The molecular weight excluding hydrogens is 215 g/mol. The fraction of sp³-hybridized carbons (Fsp3) is 0.143. The molecule has 0 aliphatic carbocycles. The van der Waals surface area contributed by atoms with Gasteiger partial charge in [-0.15, -0.1) is 0 Å². The van der Waals surface area contributed by atoms with Gasteiger partial charge in [-0.05, 0) is 30.2 Å². The predicted octanol–water partition coefficient (Wildman–Crippen LogP) is 3.06. The lowest BCUT2D eigenvalue weighted by molar-refractivity contribution is 0.628. The molecule has 0 aromatic heterocycles. The summed E-state index contributed by atoms with van der Waals surface area (Å²) in [5.74, 6) is -0.276. The minimum absolute atomic E-state index is 0.276. The van der Waals surface area contributed by atoms with E-state index in [-0.39, 0.29) is 5.82 Å². The monoisotopic (exact) mass is 230 g/mol. The second-order valence-corrected chi connectivity index (χ2v) is 3.89. The van der Waals surface area contributed by atoms with Crippen molar-refractivity contribution in [3.05, 3.63) is 59.9 Å². The average molecular weight is 230 g/mol. The largest absolute Gasteiger partial charge is 0.397 e. The molecular formula is C14H15FN2. The Morgan fingerprint density at radius 3 is 2.59 bits per heavy atom. The first kappa shape index (κ1) is 11.5. The normalized spacial score (nSPS) is 10.2. The maximum Gasteiger partial charge on any atom is 0.125 e. The van der Waals surface area contributed by atoms with E-state index in [4.69, 9.17) is 5.73 Å². The fourth-order valence-corrected chi connectivity index (χ4v) is 1.67. The van der Waals surface area contributed by atoms with E-state index in [1.807, 2.05) is 18.2 Å². The lowest BCUT2D eigenvalue weighted by Crippen LogP contribution is -2.07. The third-order valence-electron chi connectivity index (χ3n) is 2.59. The van der Waals surface area contributed by atoms with Crippen LogP contribution >= 0.6 is 0 Å². The summed E-state index contributed by atoms with van der Waals surface area (Å²) in [7, 11) is 0. The number of rotatable bonds is 4. The lowest BCUT2D eigenvalue weighted by Gasteiger charge is -2.09. The van der Waals surface area contributed by atoms with Crippen molar-refractivity contribution in [1.82, 2.24) is 0 Å². The van der Waals surface area contributed by atoms with Crippen molar-refractivity contribution in [1.29, 1.82) is 0 Å². The molecule has 0 heterocycles. The van der Waals surface area contributed by atoms with E-state index in [2.05, 4.69) is 17.4 Å². The molecule has 0 saturated carbocycles. The summed E-state index contributed by atoms with van der Waals surface area (Å²) in [6.07, 6.45) is 0.886. The van der Waals surface area contributed by atoms with Crippen LogP contribution in [0, 0.1) is 5.82 Å². The first-order valence-corrected chi connectivity index (χ1v) is 5.58. The lowest BCUT2D eigenvalue weighted by atomic mass is 10.1. The zero-order valence-electron chi connectivity index (χ0n) is 9.49. The van der Waals surface area contributed by atoms with Gasteiger partial charge >= 0.3 is 0 Å². The van der Waals surface area contributed by atoms with E-state index in [1.54, 1.807) is 6.07 Å². The Kier molecular flexibility index (Phi) is 3.60. The highest BCUT2D eigenvalue weighted by Crippen LogP contribution is 2.18. The van der Waals surface area contributed by atoms with Crippen LogP contribution in [0.25, 0.3) is 0 Å². The van der Waals surface area contributed by atoms with Crippen LogP contribution in [-0.2, 0) is 6.42 Å². The zero-order valence-corrected chi connectivity index (χ0v) is 9.49. The van der Waals surface area contributed by atoms with Gasteiger partial charge in [0, 0.05) is 6.54 Å². The van der Waals surface area contributed by atoms with E-state index in [0.717, 1.165) is 13.0 Å². The van der Waals surface area contributed by atoms with Crippen molar-refractivity contribution < 1.29 is 4.39 Å². The molecule has 0 fully saturated rings. The van der Waals surface area contributed by atoms with Crippen LogP contribution in [0.5, 0.6) is 0 Å². The quantitative estimate of drug-likeness (QED) is 0.792. The molecule has 2 nitrogen and oxygen atoms in total. The standard InChI is InChI=1S/C14H15FN2/c15-12-6-7-13(16)14(10-12)17-9-8-11-4-2-1-3-5-11/h1-7,10,17H,8-9,16H2. The molecule has 0 saturated heterocycles. The number of halogens is 1. The number of hydrogen-bond acceptors (Lipinski definition) is 2. The molecule has 88 valence electrons. The Morgan fingerprint density at radius 2 is 1.82 bits per heavy atom. The number of nitrogen functional groups attached to an aromatic ring is 1. The Balaban J connectivity index is 1.92. The number of benzene rings is 2. The molecule has 0 unspecified atom stereocenters. The first-order chi connectivity index (χ1) is 8.25. The van der Waals surface area contributed by atoms with Gasteiger partial charge in [0.2, 0.25) is 0 Å². The number of nitrogens with two attached hydrogens (primary N) is 1. The molecule has 0 atom stereocenters. The highest BCUT2D eigenvalue weighted by molar-refractivity contribution is 5.65. The smallest absolute Gasteiger partial charge is 0.125 e. The van der Waals surface area contributed by atoms with Crippen LogP contribution < -0.4 is 11.1 Å². The van der Waals surface area contributed by atoms with Crippen molar-refractivity contribution in [3.8, 4) is 0 Å². The summed E-state index contributed by atoms with van der Waals surface area (Å²) in [4.78, 5) is 0. The van der Waals surface area contributed by atoms with Crippen LogP contribution in [-0.4, -0.2) is 6.54 Å². The summed E-state index contributed by atoms with van der Waals surface area (Å²) in [5, 5.41) is 3.14. The third kappa shape index (κ3) is 3.21. The second kappa shape index (κ2) is 5.34. The van der Waals surface area contributed by atoms with Crippen LogP contribution in [0.2, 0.25) is 0 Å². The summed E-state index contributed by atoms with van der Waals surface area (Å²) in [6.45, 7) is 0.734. The van der Waals surface area contributed by atoms with Gasteiger partial charge in [0.15, 0.2) is 0 Å². The van der Waals surface area contributed by atoms with Gasteiger partial charge in [-0.1, -0.05) is 30.3 Å². The molecule has 0 aliphatic rings. The summed E-state index contributed by atoms with van der Waals surface area (Å²) in [5.41, 5.74) is 8.21. The maximum absolute atomic E-state index is 13.0. The minimum atomic E-state index is -0.276. The van der Waals surface area contributed by atoms with Crippen molar-refractivity contribution in [3.63, 3.8) is 0 Å².